The van der Waals surface area contributed by atoms with Gasteiger partial charge in [0.2, 0.25) is 0 Å². The van der Waals surface area contributed by atoms with E-state index in [9.17, 15) is 9.50 Å². The van der Waals surface area contributed by atoms with Gasteiger partial charge in [0, 0.05) is 11.4 Å². The molecule has 0 bridgehead atoms. The second kappa shape index (κ2) is 4.58. The van der Waals surface area contributed by atoms with Crippen LogP contribution in [0.4, 0.5) is 4.39 Å². The Morgan fingerprint density at radius 2 is 2.12 bits per heavy atom. The molecule has 1 aromatic rings. The molecule has 0 heterocycles. The Morgan fingerprint density at radius 3 is 2.71 bits per heavy atom. The lowest BCUT2D eigenvalue weighted by atomic mass is 9.64. The molecular formula is C14H18ClFO. The van der Waals surface area contributed by atoms with E-state index in [1.165, 1.54) is 12.1 Å². The summed E-state index contributed by atoms with van der Waals surface area (Å²) in [6.07, 6.45) is 1.88. The van der Waals surface area contributed by atoms with Gasteiger partial charge in [0.15, 0.2) is 0 Å². The van der Waals surface area contributed by atoms with Crippen LogP contribution in [-0.2, 0) is 6.42 Å². The fourth-order valence-electron chi connectivity index (χ4n) is 2.57. The molecule has 0 amide bonds. The van der Waals surface area contributed by atoms with Crippen LogP contribution in [0.1, 0.15) is 32.3 Å². The maximum Gasteiger partial charge on any atom is 0.126 e. The van der Waals surface area contributed by atoms with Crippen molar-refractivity contribution in [2.75, 3.05) is 0 Å². The fourth-order valence-corrected chi connectivity index (χ4v) is 2.76. The van der Waals surface area contributed by atoms with Gasteiger partial charge in [-0.3, -0.25) is 0 Å². The number of hydrogen-bond acceptors (Lipinski definition) is 1. The van der Waals surface area contributed by atoms with Gasteiger partial charge < -0.3 is 5.11 Å². The molecule has 1 saturated carbocycles. The quantitative estimate of drug-likeness (QED) is 0.872. The zero-order chi connectivity index (χ0) is 12.6. The summed E-state index contributed by atoms with van der Waals surface area (Å²) in [6.45, 7) is 4.31. The average molecular weight is 257 g/mol. The van der Waals surface area contributed by atoms with Crippen molar-refractivity contribution in [1.29, 1.82) is 0 Å². The van der Waals surface area contributed by atoms with E-state index in [1.807, 2.05) is 0 Å². The van der Waals surface area contributed by atoms with Crippen molar-refractivity contribution in [3.8, 4) is 0 Å². The summed E-state index contributed by atoms with van der Waals surface area (Å²) >= 11 is 5.84. The van der Waals surface area contributed by atoms with Gasteiger partial charge in [0.05, 0.1) is 5.60 Å². The molecule has 0 radical (unpaired) electrons. The molecule has 0 atom stereocenters. The van der Waals surface area contributed by atoms with E-state index < -0.39 is 5.60 Å². The molecule has 1 fully saturated rings. The number of hydrogen-bond donors (Lipinski definition) is 1. The van der Waals surface area contributed by atoms with Gasteiger partial charge in [-0.25, -0.2) is 4.39 Å². The summed E-state index contributed by atoms with van der Waals surface area (Å²) in [6, 6.07) is 4.50. The Kier molecular flexibility index (Phi) is 3.46. The van der Waals surface area contributed by atoms with E-state index in [0.29, 0.717) is 28.8 Å². The van der Waals surface area contributed by atoms with Gasteiger partial charge in [-0.1, -0.05) is 25.4 Å². The Morgan fingerprint density at radius 1 is 1.47 bits per heavy atom. The van der Waals surface area contributed by atoms with E-state index in [-0.39, 0.29) is 5.82 Å². The summed E-state index contributed by atoms with van der Waals surface area (Å²) in [5.74, 6) is 0.859. The Hall–Kier alpha value is -0.600. The van der Waals surface area contributed by atoms with Crippen molar-refractivity contribution in [2.45, 2.75) is 38.7 Å². The molecule has 1 aromatic carbocycles. The molecule has 0 unspecified atom stereocenters. The largest absolute Gasteiger partial charge is 0.390 e. The lowest BCUT2D eigenvalue weighted by molar-refractivity contribution is -0.0864. The highest BCUT2D eigenvalue weighted by Crippen LogP contribution is 2.44. The predicted octanol–water partition coefficient (Wildman–Crippen LogP) is 3.82. The molecular weight excluding hydrogens is 239 g/mol. The van der Waals surface area contributed by atoms with E-state index in [1.54, 1.807) is 6.07 Å². The van der Waals surface area contributed by atoms with Gasteiger partial charge in [0.25, 0.3) is 0 Å². The predicted molar refractivity (Wildman–Crippen MR) is 67.6 cm³/mol. The van der Waals surface area contributed by atoms with Gasteiger partial charge in [-0.05, 0) is 48.4 Å². The lowest BCUT2D eigenvalue weighted by Gasteiger charge is -2.46. The lowest BCUT2D eigenvalue weighted by Crippen LogP contribution is -2.47. The van der Waals surface area contributed by atoms with Crippen LogP contribution in [0.5, 0.6) is 0 Å². The second-order valence-electron chi connectivity index (χ2n) is 5.55. The summed E-state index contributed by atoms with van der Waals surface area (Å²) in [7, 11) is 0. The maximum atomic E-state index is 13.5. The van der Waals surface area contributed by atoms with Gasteiger partial charge in [-0.2, -0.15) is 0 Å². The van der Waals surface area contributed by atoms with Crippen LogP contribution in [0.25, 0.3) is 0 Å². The van der Waals surface area contributed by atoms with Crippen molar-refractivity contribution < 1.29 is 9.50 Å². The third-order valence-electron chi connectivity index (χ3n) is 3.75. The van der Waals surface area contributed by atoms with Crippen molar-refractivity contribution in [2.24, 2.45) is 11.8 Å². The fraction of sp³-hybridized carbons (Fsp3) is 0.571. The van der Waals surface area contributed by atoms with Crippen LogP contribution in [-0.4, -0.2) is 10.7 Å². The van der Waals surface area contributed by atoms with Crippen LogP contribution >= 0.6 is 11.6 Å². The first-order valence-electron chi connectivity index (χ1n) is 6.06. The minimum Gasteiger partial charge on any atom is -0.390 e. The minimum absolute atomic E-state index is 0.282. The summed E-state index contributed by atoms with van der Waals surface area (Å²) < 4.78 is 13.5. The maximum absolute atomic E-state index is 13.5. The first-order chi connectivity index (χ1) is 7.89. The van der Waals surface area contributed by atoms with Crippen molar-refractivity contribution in [3.63, 3.8) is 0 Å². The van der Waals surface area contributed by atoms with Crippen LogP contribution in [0.3, 0.4) is 0 Å². The van der Waals surface area contributed by atoms with Crippen LogP contribution in [0.15, 0.2) is 18.2 Å². The standard InChI is InChI=1S/C14H18ClFO/c1-9(2)11-7-14(17,8-11)6-10-5-12(15)3-4-13(10)16/h3-5,9,11,17H,6-8H2,1-2H3. The Labute approximate surface area is 107 Å². The second-order valence-corrected chi connectivity index (χ2v) is 5.99. The molecule has 3 heteroatoms. The summed E-state index contributed by atoms with van der Waals surface area (Å²) in [4.78, 5) is 0. The van der Waals surface area contributed by atoms with Gasteiger partial charge in [0.1, 0.15) is 5.82 Å². The molecule has 0 aliphatic heterocycles. The molecule has 1 N–H and O–H groups in total. The molecule has 2 rings (SSSR count). The highest BCUT2D eigenvalue weighted by Gasteiger charge is 2.43. The highest BCUT2D eigenvalue weighted by molar-refractivity contribution is 6.30. The molecule has 0 aromatic heterocycles. The smallest absolute Gasteiger partial charge is 0.126 e. The topological polar surface area (TPSA) is 20.2 Å². The van der Waals surface area contributed by atoms with E-state index in [0.717, 1.165) is 12.8 Å². The first kappa shape index (κ1) is 12.8. The van der Waals surface area contributed by atoms with Crippen LogP contribution in [0, 0.1) is 17.7 Å². The van der Waals surface area contributed by atoms with Crippen LogP contribution < -0.4 is 0 Å². The number of halogens is 2. The number of benzene rings is 1. The molecule has 17 heavy (non-hydrogen) atoms. The zero-order valence-corrected chi connectivity index (χ0v) is 11.0. The SMILES string of the molecule is CC(C)C1CC(O)(Cc2cc(Cl)ccc2F)C1. The number of rotatable bonds is 3. The van der Waals surface area contributed by atoms with Crippen molar-refractivity contribution in [1.82, 2.24) is 0 Å². The molecule has 1 aliphatic carbocycles. The highest BCUT2D eigenvalue weighted by atomic mass is 35.5. The first-order valence-corrected chi connectivity index (χ1v) is 6.44. The molecule has 94 valence electrons. The molecule has 0 spiro atoms. The zero-order valence-electron chi connectivity index (χ0n) is 10.2. The third-order valence-corrected chi connectivity index (χ3v) is 3.99. The Balaban J connectivity index is 2.05. The molecule has 0 saturated heterocycles. The summed E-state index contributed by atoms with van der Waals surface area (Å²) in [5, 5.41) is 10.8. The van der Waals surface area contributed by atoms with Gasteiger partial charge >= 0.3 is 0 Å². The van der Waals surface area contributed by atoms with Crippen LogP contribution in [0.2, 0.25) is 5.02 Å². The monoisotopic (exact) mass is 256 g/mol. The number of aliphatic hydroxyl groups is 1. The minimum atomic E-state index is -0.736. The average Bonchev–Trinajstić information content (AvgIpc) is 2.19. The van der Waals surface area contributed by atoms with E-state index >= 15 is 0 Å². The molecule has 1 aliphatic rings. The van der Waals surface area contributed by atoms with Crippen molar-refractivity contribution >= 4 is 11.6 Å². The Bertz CT molecular complexity index is 411. The summed E-state index contributed by atoms with van der Waals surface area (Å²) in [5.41, 5.74) is -0.220. The van der Waals surface area contributed by atoms with Gasteiger partial charge in [-0.15, -0.1) is 0 Å². The van der Waals surface area contributed by atoms with E-state index in [4.69, 9.17) is 11.6 Å². The normalized spacial score (nSPS) is 28.2. The van der Waals surface area contributed by atoms with Crippen molar-refractivity contribution in [3.05, 3.63) is 34.6 Å². The third kappa shape index (κ3) is 2.80. The van der Waals surface area contributed by atoms with E-state index in [2.05, 4.69) is 13.8 Å². The molecule has 1 nitrogen and oxygen atoms in total.